The van der Waals surface area contributed by atoms with Gasteiger partial charge in [0, 0.05) is 36.6 Å². The summed E-state index contributed by atoms with van der Waals surface area (Å²) in [4.78, 5) is 23.4. The van der Waals surface area contributed by atoms with Gasteiger partial charge in [0.1, 0.15) is 0 Å². The van der Waals surface area contributed by atoms with Crippen LogP contribution in [0, 0.1) is 0 Å². The SMILES string of the molecule is Cn1cc(-c2cnn(Cc3ccccc3)c2)c(-c2ccc(C(=O)O)cc2)cc1=O. The van der Waals surface area contributed by atoms with E-state index >= 15 is 0 Å². The van der Waals surface area contributed by atoms with Crippen LogP contribution in [0.2, 0.25) is 0 Å². The molecule has 2 aromatic heterocycles. The summed E-state index contributed by atoms with van der Waals surface area (Å²) in [6.07, 6.45) is 5.51. The third-order valence-corrected chi connectivity index (χ3v) is 4.80. The Balaban J connectivity index is 1.75. The van der Waals surface area contributed by atoms with Crippen molar-refractivity contribution >= 4 is 5.97 Å². The monoisotopic (exact) mass is 385 g/mol. The van der Waals surface area contributed by atoms with Crippen LogP contribution in [0.25, 0.3) is 22.3 Å². The van der Waals surface area contributed by atoms with E-state index < -0.39 is 5.97 Å². The molecule has 0 aliphatic carbocycles. The third-order valence-electron chi connectivity index (χ3n) is 4.80. The summed E-state index contributed by atoms with van der Waals surface area (Å²) in [6.45, 7) is 0.648. The molecule has 144 valence electrons. The lowest BCUT2D eigenvalue weighted by atomic mass is 9.97. The second kappa shape index (κ2) is 7.59. The molecule has 0 saturated heterocycles. The highest BCUT2D eigenvalue weighted by Crippen LogP contribution is 2.31. The first-order chi connectivity index (χ1) is 14.0. The molecule has 0 radical (unpaired) electrons. The van der Waals surface area contributed by atoms with Gasteiger partial charge < -0.3 is 9.67 Å². The van der Waals surface area contributed by atoms with Crippen molar-refractivity contribution in [2.75, 3.05) is 0 Å². The summed E-state index contributed by atoms with van der Waals surface area (Å²) < 4.78 is 3.38. The van der Waals surface area contributed by atoms with Gasteiger partial charge in [-0.05, 0) is 28.8 Å². The van der Waals surface area contributed by atoms with Gasteiger partial charge in [0.05, 0.1) is 18.3 Å². The summed E-state index contributed by atoms with van der Waals surface area (Å²) >= 11 is 0. The van der Waals surface area contributed by atoms with Crippen LogP contribution < -0.4 is 5.56 Å². The van der Waals surface area contributed by atoms with Crippen LogP contribution in [0.15, 0.2) is 84.0 Å². The largest absolute Gasteiger partial charge is 0.478 e. The number of benzene rings is 2. The van der Waals surface area contributed by atoms with Crippen LogP contribution in [0.3, 0.4) is 0 Å². The van der Waals surface area contributed by atoms with Crippen molar-refractivity contribution in [2.45, 2.75) is 6.54 Å². The van der Waals surface area contributed by atoms with Crippen molar-refractivity contribution in [1.29, 1.82) is 0 Å². The first-order valence-electron chi connectivity index (χ1n) is 9.12. The second-order valence-electron chi connectivity index (χ2n) is 6.84. The van der Waals surface area contributed by atoms with Crippen molar-refractivity contribution in [1.82, 2.24) is 14.3 Å². The average molecular weight is 385 g/mol. The summed E-state index contributed by atoms with van der Waals surface area (Å²) in [5, 5.41) is 13.6. The lowest BCUT2D eigenvalue weighted by Crippen LogP contribution is -2.15. The van der Waals surface area contributed by atoms with Crippen LogP contribution in [-0.2, 0) is 13.6 Å². The van der Waals surface area contributed by atoms with Gasteiger partial charge in [-0.3, -0.25) is 9.48 Å². The van der Waals surface area contributed by atoms with Crippen LogP contribution in [-0.4, -0.2) is 25.4 Å². The Hall–Kier alpha value is -3.93. The predicted molar refractivity (Wildman–Crippen MR) is 111 cm³/mol. The third kappa shape index (κ3) is 3.87. The molecular formula is C23H19N3O3. The molecule has 0 saturated carbocycles. The highest BCUT2D eigenvalue weighted by Gasteiger charge is 2.13. The molecule has 2 aromatic carbocycles. The van der Waals surface area contributed by atoms with Crippen molar-refractivity contribution in [2.24, 2.45) is 7.05 Å². The van der Waals surface area contributed by atoms with E-state index in [1.54, 1.807) is 37.6 Å². The van der Waals surface area contributed by atoms with E-state index in [4.69, 9.17) is 5.11 Å². The number of rotatable bonds is 5. The van der Waals surface area contributed by atoms with E-state index in [-0.39, 0.29) is 11.1 Å². The fraction of sp³-hybridized carbons (Fsp3) is 0.0870. The first kappa shape index (κ1) is 18.4. The smallest absolute Gasteiger partial charge is 0.335 e. The molecule has 0 atom stereocenters. The molecular weight excluding hydrogens is 366 g/mol. The molecule has 0 fully saturated rings. The standard InChI is InChI=1S/C23H19N3O3/c1-25-15-21(19-12-24-26(14-19)13-16-5-3-2-4-6-16)20(11-22(25)27)17-7-9-18(10-8-17)23(28)29/h2-12,14-15H,13H2,1H3,(H,28,29). The second-order valence-corrected chi connectivity index (χ2v) is 6.84. The lowest BCUT2D eigenvalue weighted by Gasteiger charge is -2.10. The number of carbonyl (C=O) groups is 1. The molecule has 6 nitrogen and oxygen atoms in total. The number of carboxylic acid groups (broad SMARTS) is 1. The molecule has 0 aliphatic rings. The maximum atomic E-state index is 12.3. The van der Waals surface area contributed by atoms with Crippen LogP contribution in [0.1, 0.15) is 15.9 Å². The molecule has 0 amide bonds. The number of hydrogen-bond acceptors (Lipinski definition) is 3. The molecule has 1 N–H and O–H groups in total. The Morgan fingerprint density at radius 2 is 1.69 bits per heavy atom. The van der Waals surface area contributed by atoms with Crippen molar-refractivity contribution in [3.8, 4) is 22.3 Å². The van der Waals surface area contributed by atoms with Gasteiger partial charge in [0.25, 0.3) is 5.56 Å². The Morgan fingerprint density at radius 1 is 0.966 bits per heavy atom. The van der Waals surface area contributed by atoms with Gasteiger partial charge in [-0.15, -0.1) is 0 Å². The zero-order valence-electron chi connectivity index (χ0n) is 15.8. The van der Waals surface area contributed by atoms with E-state index in [9.17, 15) is 9.59 Å². The van der Waals surface area contributed by atoms with Crippen molar-refractivity contribution in [3.63, 3.8) is 0 Å². The molecule has 29 heavy (non-hydrogen) atoms. The Morgan fingerprint density at radius 3 is 2.38 bits per heavy atom. The quantitative estimate of drug-likeness (QED) is 0.569. The van der Waals surface area contributed by atoms with Crippen molar-refractivity contribution in [3.05, 3.63) is 101 Å². The number of carboxylic acids is 1. The summed E-state index contributed by atoms with van der Waals surface area (Å²) in [7, 11) is 1.71. The van der Waals surface area contributed by atoms with Crippen molar-refractivity contribution < 1.29 is 9.90 Å². The zero-order chi connectivity index (χ0) is 20.4. The Bertz CT molecular complexity index is 1220. The molecule has 0 bridgehead atoms. The van der Waals surface area contributed by atoms with Gasteiger partial charge in [-0.1, -0.05) is 42.5 Å². The van der Waals surface area contributed by atoms with E-state index in [1.165, 1.54) is 16.7 Å². The lowest BCUT2D eigenvalue weighted by molar-refractivity contribution is 0.0697. The molecule has 0 spiro atoms. The molecule has 2 heterocycles. The zero-order valence-corrected chi connectivity index (χ0v) is 15.8. The Kier molecular flexibility index (Phi) is 4.83. The van der Waals surface area contributed by atoms with E-state index in [1.807, 2.05) is 41.2 Å². The fourth-order valence-corrected chi connectivity index (χ4v) is 3.25. The number of aryl methyl sites for hydroxylation is 1. The minimum atomic E-state index is -0.983. The van der Waals surface area contributed by atoms with Crippen LogP contribution in [0.4, 0.5) is 0 Å². The van der Waals surface area contributed by atoms with Gasteiger partial charge in [-0.2, -0.15) is 5.10 Å². The minimum Gasteiger partial charge on any atom is -0.478 e. The summed E-state index contributed by atoms with van der Waals surface area (Å²) in [5.41, 5.74) is 4.47. The molecule has 6 heteroatoms. The van der Waals surface area contributed by atoms with Crippen LogP contribution >= 0.6 is 0 Å². The van der Waals surface area contributed by atoms with E-state index in [0.717, 1.165) is 27.8 Å². The van der Waals surface area contributed by atoms with Gasteiger partial charge in [-0.25, -0.2) is 4.79 Å². The normalized spacial score (nSPS) is 10.8. The maximum absolute atomic E-state index is 12.3. The Labute approximate surface area is 167 Å². The van der Waals surface area contributed by atoms with Gasteiger partial charge in [0.15, 0.2) is 0 Å². The molecule has 0 unspecified atom stereocenters. The first-order valence-corrected chi connectivity index (χ1v) is 9.12. The molecule has 4 rings (SSSR count). The van der Waals surface area contributed by atoms with E-state index in [0.29, 0.717) is 6.54 Å². The molecule has 0 aliphatic heterocycles. The number of aromatic nitrogens is 3. The number of pyridine rings is 1. The van der Waals surface area contributed by atoms with Gasteiger partial charge >= 0.3 is 5.97 Å². The summed E-state index contributed by atoms with van der Waals surface area (Å²) in [5.74, 6) is -0.983. The molecule has 4 aromatic rings. The number of nitrogens with zero attached hydrogens (tertiary/aromatic N) is 3. The highest BCUT2D eigenvalue weighted by atomic mass is 16.4. The topological polar surface area (TPSA) is 77.1 Å². The average Bonchev–Trinajstić information content (AvgIpc) is 3.19. The number of aromatic carboxylic acids is 1. The van der Waals surface area contributed by atoms with E-state index in [2.05, 4.69) is 5.10 Å². The predicted octanol–water partition coefficient (Wildman–Crippen LogP) is 3.66. The van der Waals surface area contributed by atoms with Gasteiger partial charge in [0.2, 0.25) is 0 Å². The minimum absolute atomic E-state index is 0.136. The fourth-order valence-electron chi connectivity index (χ4n) is 3.25. The van der Waals surface area contributed by atoms with Crippen LogP contribution in [0.5, 0.6) is 0 Å². The highest BCUT2D eigenvalue weighted by molar-refractivity contribution is 5.89. The number of hydrogen-bond donors (Lipinski definition) is 1. The summed E-state index contributed by atoms with van der Waals surface area (Å²) in [6, 6.07) is 18.1. The maximum Gasteiger partial charge on any atom is 0.335 e.